The molecule has 2 heterocycles. The van der Waals surface area contributed by atoms with Crippen molar-refractivity contribution in [2.45, 2.75) is 26.0 Å². The molecule has 0 spiro atoms. The first-order valence-corrected chi connectivity index (χ1v) is 10.7. The van der Waals surface area contributed by atoms with Crippen molar-refractivity contribution in [3.63, 3.8) is 0 Å². The minimum absolute atomic E-state index is 0.0807. The first-order chi connectivity index (χ1) is 15.9. The number of benzene rings is 2. The summed E-state index contributed by atoms with van der Waals surface area (Å²) in [6.07, 6.45) is 2.31. The van der Waals surface area contributed by atoms with E-state index < -0.39 is 17.2 Å². The number of hydrogen-bond acceptors (Lipinski definition) is 4. The zero-order valence-corrected chi connectivity index (χ0v) is 18.3. The second kappa shape index (κ2) is 9.72. The summed E-state index contributed by atoms with van der Waals surface area (Å²) < 4.78 is 33.7. The highest BCUT2D eigenvalue weighted by Crippen LogP contribution is 2.30. The van der Waals surface area contributed by atoms with Gasteiger partial charge in [0.05, 0.1) is 19.6 Å². The molecule has 1 N–H and O–H groups in total. The highest BCUT2D eigenvalue weighted by Gasteiger charge is 2.24. The van der Waals surface area contributed by atoms with Crippen LogP contribution in [0.25, 0.3) is 0 Å². The van der Waals surface area contributed by atoms with Gasteiger partial charge in [0, 0.05) is 30.1 Å². The molecular formula is C24H21ClF2N2O4. The number of hydrogen-bond donors (Lipinski definition) is 1. The minimum atomic E-state index is -0.743. The second-order valence-electron chi connectivity index (χ2n) is 7.68. The lowest BCUT2D eigenvalue weighted by Gasteiger charge is -2.17. The van der Waals surface area contributed by atoms with Crippen molar-refractivity contribution in [3.8, 4) is 5.75 Å². The van der Waals surface area contributed by atoms with Gasteiger partial charge in [-0.3, -0.25) is 9.59 Å². The third kappa shape index (κ3) is 4.91. The van der Waals surface area contributed by atoms with Crippen molar-refractivity contribution < 1.29 is 23.4 Å². The summed E-state index contributed by atoms with van der Waals surface area (Å²) in [6, 6.07) is 10.3. The van der Waals surface area contributed by atoms with Gasteiger partial charge in [0.2, 0.25) is 5.91 Å². The lowest BCUT2D eigenvalue weighted by atomic mass is 10.1. The van der Waals surface area contributed by atoms with Crippen LogP contribution in [0, 0.1) is 11.6 Å². The molecule has 1 aliphatic rings. The van der Waals surface area contributed by atoms with Crippen molar-refractivity contribution in [1.82, 2.24) is 4.57 Å². The van der Waals surface area contributed by atoms with Crippen LogP contribution in [0.4, 0.5) is 14.5 Å². The molecule has 6 nitrogen and oxygen atoms in total. The van der Waals surface area contributed by atoms with Crippen LogP contribution in [0.2, 0.25) is 5.02 Å². The molecule has 2 aromatic carbocycles. The maximum absolute atomic E-state index is 13.8. The summed E-state index contributed by atoms with van der Waals surface area (Å²) in [5.41, 5.74) is 2.36. The van der Waals surface area contributed by atoms with Crippen LogP contribution in [0.5, 0.6) is 5.75 Å². The monoisotopic (exact) mass is 474 g/mol. The van der Waals surface area contributed by atoms with E-state index in [0.29, 0.717) is 13.0 Å². The van der Waals surface area contributed by atoms with Crippen LogP contribution in [-0.2, 0) is 24.4 Å². The number of nitrogens with zero attached hydrogens (tertiary/aromatic N) is 2. The minimum Gasteiger partial charge on any atom is -0.487 e. The lowest BCUT2D eigenvalue weighted by molar-refractivity contribution is -0.119. The first-order valence-electron chi connectivity index (χ1n) is 10.4. The fourth-order valence-corrected chi connectivity index (χ4v) is 4.03. The second-order valence-corrected chi connectivity index (χ2v) is 8.06. The van der Waals surface area contributed by atoms with Crippen LogP contribution in [-0.4, -0.2) is 28.7 Å². The highest BCUT2D eigenvalue weighted by atomic mass is 35.5. The van der Waals surface area contributed by atoms with Gasteiger partial charge in [-0.05, 0) is 41.8 Å². The number of halogens is 3. The Morgan fingerprint density at radius 1 is 1.15 bits per heavy atom. The van der Waals surface area contributed by atoms with E-state index in [1.165, 1.54) is 22.9 Å². The normalized spacial score (nSPS) is 12.7. The summed E-state index contributed by atoms with van der Waals surface area (Å²) in [4.78, 5) is 26.5. The molecule has 1 amide bonds. The van der Waals surface area contributed by atoms with Gasteiger partial charge < -0.3 is 19.3 Å². The standard InChI is InChI=1S/C24H21ClF2N2O4/c25-23-21(33-14-17-2-3-18(26)12-19(17)27)6-8-28(24(23)32)13-15-1-4-20-16(11-15)5-9-29(20)22(31)7-10-30/h1-4,6,8,11-12,30H,5,7,9-10,13-14H2. The van der Waals surface area contributed by atoms with Crippen molar-refractivity contribution >= 4 is 23.2 Å². The Morgan fingerprint density at radius 2 is 1.97 bits per heavy atom. The Balaban J connectivity index is 1.48. The maximum atomic E-state index is 13.8. The van der Waals surface area contributed by atoms with Gasteiger partial charge in [-0.25, -0.2) is 8.78 Å². The van der Waals surface area contributed by atoms with Crippen LogP contribution in [0.3, 0.4) is 0 Å². The highest BCUT2D eigenvalue weighted by molar-refractivity contribution is 6.31. The summed E-state index contributed by atoms with van der Waals surface area (Å²) in [6.45, 7) is 0.434. The summed E-state index contributed by atoms with van der Waals surface area (Å²) in [5.74, 6) is -1.45. The van der Waals surface area contributed by atoms with Gasteiger partial charge in [-0.15, -0.1) is 0 Å². The van der Waals surface area contributed by atoms with Crippen molar-refractivity contribution in [2.24, 2.45) is 0 Å². The number of aliphatic hydroxyl groups excluding tert-OH is 1. The van der Waals surface area contributed by atoms with E-state index in [-0.39, 0.29) is 48.4 Å². The summed E-state index contributed by atoms with van der Waals surface area (Å²) in [5, 5.41) is 8.87. The molecule has 0 aliphatic carbocycles. The van der Waals surface area contributed by atoms with E-state index >= 15 is 0 Å². The van der Waals surface area contributed by atoms with Gasteiger partial charge in [0.1, 0.15) is 29.0 Å². The number of aromatic nitrogens is 1. The summed E-state index contributed by atoms with van der Waals surface area (Å²) >= 11 is 6.20. The number of fused-ring (bicyclic) bond motifs is 1. The Hall–Kier alpha value is -3.23. The zero-order valence-electron chi connectivity index (χ0n) is 17.6. The number of pyridine rings is 1. The van der Waals surface area contributed by atoms with Gasteiger partial charge in [0.25, 0.3) is 5.56 Å². The Morgan fingerprint density at radius 3 is 2.73 bits per heavy atom. The van der Waals surface area contributed by atoms with E-state index in [0.717, 1.165) is 28.9 Å². The molecule has 1 aliphatic heterocycles. The quantitative estimate of drug-likeness (QED) is 0.567. The molecule has 0 radical (unpaired) electrons. The molecule has 0 saturated carbocycles. The van der Waals surface area contributed by atoms with E-state index in [1.807, 2.05) is 18.2 Å². The number of anilines is 1. The van der Waals surface area contributed by atoms with Crippen molar-refractivity contribution in [1.29, 1.82) is 0 Å². The average molecular weight is 475 g/mol. The van der Waals surface area contributed by atoms with E-state index in [2.05, 4.69) is 0 Å². The fourth-order valence-electron chi connectivity index (χ4n) is 3.80. The average Bonchev–Trinajstić information content (AvgIpc) is 3.21. The predicted molar refractivity (Wildman–Crippen MR) is 120 cm³/mol. The number of ether oxygens (including phenoxy) is 1. The first kappa shape index (κ1) is 22.9. The molecule has 9 heteroatoms. The molecule has 0 atom stereocenters. The summed E-state index contributed by atoms with van der Waals surface area (Å²) in [7, 11) is 0. The third-order valence-corrected chi connectivity index (χ3v) is 5.84. The van der Waals surface area contributed by atoms with E-state index in [1.54, 1.807) is 4.90 Å². The number of amides is 1. The van der Waals surface area contributed by atoms with Gasteiger partial charge in [0.15, 0.2) is 0 Å². The molecule has 3 aromatic rings. The predicted octanol–water partition coefficient (Wildman–Crippen LogP) is 3.68. The van der Waals surface area contributed by atoms with Gasteiger partial charge >= 0.3 is 0 Å². The Kier molecular flexibility index (Phi) is 6.76. The molecule has 0 unspecified atom stereocenters. The molecule has 1 aromatic heterocycles. The Bertz CT molecular complexity index is 1260. The fraction of sp³-hybridized carbons (Fsp3) is 0.250. The number of carbonyl (C=O) groups excluding carboxylic acids is 1. The van der Waals surface area contributed by atoms with E-state index in [9.17, 15) is 18.4 Å². The molecular weight excluding hydrogens is 454 g/mol. The number of carbonyl (C=O) groups is 1. The molecule has 0 fully saturated rings. The van der Waals surface area contributed by atoms with Crippen molar-refractivity contribution in [2.75, 3.05) is 18.1 Å². The largest absolute Gasteiger partial charge is 0.487 e. The maximum Gasteiger partial charge on any atom is 0.273 e. The molecule has 0 bridgehead atoms. The van der Waals surface area contributed by atoms with Gasteiger partial charge in [-0.1, -0.05) is 23.7 Å². The van der Waals surface area contributed by atoms with Crippen molar-refractivity contribution in [3.05, 3.63) is 92.4 Å². The number of rotatable bonds is 7. The number of aliphatic hydroxyl groups is 1. The molecule has 33 heavy (non-hydrogen) atoms. The smallest absolute Gasteiger partial charge is 0.273 e. The SMILES string of the molecule is O=C(CCO)N1CCc2cc(Cn3ccc(OCc4ccc(F)cc4F)c(Cl)c3=O)ccc21. The van der Waals surface area contributed by atoms with E-state index in [4.69, 9.17) is 21.4 Å². The molecule has 4 rings (SSSR count). The zero-order chi connectivity index (χ0) is 23.5. The van der Waals surface area contributed by atoms with Gasteiger partial charge in [-0.2, -0.15) is 0 Å². The van der Waals surface area contributed by atoms with Crippen LogP contribution >= 0.6 is 11.6 Å². The molecule has 0 saturated heterocycles. The topological polar surface area (TPSA) is 71.8 Å². The van der Waals surface area contributed by atoms with Crippen LogP contribution < -0.4 is 15.2 Å². The van der Waals surface area contributed by atoms with Crippen LogP contribution in [0.15, 0.2) is 53.5 Å². The van der Waals surface area contributed by atoms with Crippen LogP contribution in [0.1, 0.15) is 23.1 Å². The molecule has 172 valence electrons. The third-order valence-electron chi connectivity index (χ3n) is 5.49. The Labute approximate surface area is 193 Å². The lowest BCUT2D eigenvalue weighted by Crippen LogP contribution is -2.29.